The van der Waals surface area contributed by atoms with Gasteiger partial charge in [-0.25, -0.2) is 8.42 Å². The molecule has 0 spiro atoms. The van der Waals surface area contributed by atoms with Crippen LogP contribution in [-0.2, 0) is 10.0 Å². The summed E-state index contributed by atoms with van der Waals surface area (Å²) in [6.45, 7) is 6.23. The van der Waals surface area contributed by atoms with Crippen LogP contribution in [0.15, 0.2) is 64.6 Å². The van der Waals surface area contributed by atoms with E-state index in [0.29, 0.717) is 29.6 Å². The maximum atomic E-state index is 13.0. The summed E-state index contributed by atoms with van der Waals surface area (Å²) in [7, 11) is -3.60. The van der Waals surface area contributed by atoms with Gasteiger partial charge in [0.05, 0.1) is 16.2 Å². The van der Waals surface area contributed by atoms with Gasteiger partial charge < -0.3 is 0 Å². The van der Waals surface area contributed by atoms with Crippen LogP contribution in [0, 0.1) is 11.3 Å². The van der Waals surface area contributed by atoms with Crippen molar-refractivity contribution in [3.8, 4) is 23.1 Å². The normalized spacial score (nSPS) is 12.6. The highest BCUT2D eigenvalue weighted by atomic mass is 32.2. The molecule has 2 aromatic carbocycles. The molecule has 0 saturated heterocycles. The van der Waals surface area contributed by atoms with E-state index in [1.165, 1.54) is 16.1 Å². The summed E-state index contributed by atoms with van der Waals surface area (Å²) in [6.07, 6.45) is 0. The van der Waals surface area contributed by atoms with Crippen molar-refractivity contribution in [1.29, 1.82) is 5.26 Å². The second-order valence-corrected chi connectivity index (χ2v) is 9.73. The van der Waals surface area contributed by atoms with E-state index < -0.39 is 10.0 Å². The third-order valence-electron chi connectivity index (χ3n) is 4.55. The molecular formula is C21H23N5O2S2. The van der Waals surface area contributed by atoms with E-state index in [9.17, 15) is 13.7 Å². The van der Waals surface area contributed by atoms with Crippen LogP contribution in [0.4, 0.5) is 0 Å². The minimum atomic E-state index is -3.60. The maximum Gasteiger partial charge on any atom is 0.243 e. The zero-order valence-electron chi connectivity index (χ0n) is 17.1. The highest BCUT2D eigenvalue weighted by Crippen LogP contribution is 2.31. The second kappa shape index (κ2) is 9.43. The molecule has 30 heavy (non-hydrogen) atoms. The third-order valence-corrected chi connectivity index (χ3v) is 7.53. The Hall–Kier alpha value is -2.67. The van der Waals surface area contributed by atoms with E-state index in [1.54, 1.807) is 25.1 Å². The molecule has 1 atom stereocenters. The summed E-state index contributed by atoms with van der Waals surface area (Å²) in [6, 6.07) is 18.5. The molecule has 0 unspecified atom stereocenters. The summed E-state index contributed by atoms with van der Waals surface area (Å²) < 4.78 is 29.2. The standard InChI is InChI=1S/C21H23N5O2S2/c1-4-25(5-2)30(27,28)19-13-9-10-17(14-19)20-23-24-21(29-16(3)15-22)26(20)18-11-7-6-8-12-18/h6-14,16H,4-5H2,1-3H3/t16-/m1/s1. The predicted molar refractivity (Wildman–Crippen MR) is 118 cm³/mol. The Morgan fingerprint density at radius 1 is 1.10 bits per heavy atom. The smallest absolute Gasteiger partial charge is 0.243 e. The fourth-order valence-corrected chi connectivity index (χ4v) is 5.29. The molecule has 7 nitrogen and oxygen atoms in total. The van der Waals surface area contributed by atoms with Crippen LogP contribution >= 0.6 is 11.8 Å². The summed E-state index contributed by atoms with van der Waals surface area (Å²) in [5.41, 5.74) is 1.47. The topological polar surface area (TPSA) is 91.9 Å². The molecule has 3 aromatic rings. The fraction of sp³-hybridized carbons (Fsp3) is 0.286. The Morgan fingerprint density at radius 3 is 2.43 bits per heavy atom. The first-order chi connectivity index (χ1) is 14.4. The zero-order valence-corrected chi connectivity index (χ0v) is 18.7. The van der Waals surface area contributed by atoms with E-state index in [2.05, 4.69) is 16.3 Å². The number of thioether (sulfide) groups is 1. The molecule has 3 rings (SSSR count). The highest BCUT2D eigenvalue weighted by molar-refractivity contribution is 8.00. The number of nitriles is 1. The summed E-state index contributed by atoms with van der Waals surface area (Å²) >= 11 is 1.30. The van der Waals surface area contributed by atoms with Crippen LogP contribution in [0.1, 0.15) is 20.8 Å². The Bertz CT molecular complexity index is 1150. The Balaban J connectivity index is 2.14. The molecule has 0 aliphatic carbocycles. The first-order valence-electron chi connectivity index (χ1n) is 9.60. The van der Waals surface area contributed by atoms with E-state index in [-0.39, 0.29) is 10.1 Å². The van der Waals surface area contributed by atoms with Crippen molar-refractivity contribution >= 4 is 21.8 Å². The van der Waals surface area contributed by atoms with Gasteiger partial charge in [0, 0.05) is 24.3 Å². The van der Waals surface area contributed by atoms with Crippen molar-refractivity contribution in [3.63, 3.8) is 0 Å². The number of sulfonamides is 1. The van der Waals surface area contributed by atoms with Gasteiger partial charge in [0.25, 0.3) is 0 Å². The lowest BCUT2D eigenvalue weighted by Crippen LogP contribution is -2.30. The number of hydrogen-bond donors (Lipinski definition) is 0. The lowest BCUT2D eigenvalue weighted by molar-refractivity contribution is 0.445. The van der Waals surface area contributed by atoms with Crippen molar-refractivity contribution in [2.75, 3.05) is 13.1 Å². The number of nitrogens with zero attached hydrogens (tertiary/aromatic N) is 5. The maximum absolute atomic E-state index is 13.0. The average Bonchev–Trinajstić information content (AvgIpc) is 3.18. The quantitative estimate of drug-likeness (QED) is 0.491. The van der Waals surface area contributed by atoms with E-state index >= 15 is 0 Å². The van der Waals surface area contributed by atoms with Gasteiger partial charge in [0.15, 0.2) is 11.0 Å². The summed E-state index contributed by atoms with van der Waals surface area (Å²) in [5.74, 6) is 0.519. The van der Waals surface area contributed by atoms with Gasteiger partial charge >= 0.3 is 0 Å². The van der Waals surface area contributed by atoms with Gasteiger partial charge in [-0.1, -0.05) is 55.9 Å². The number of hydrogen-bond acceptors (Lipinski definition) is 6. The lowest BCUT2D eigenvalue weighted by atomic mass is 10.2. The molecular weight excluding hydrogens is 418 g/mol. The predicted octanol–water partition coefficient (Wildman–Crippen LogP) is 3.97. The van der Waals surface area contributed by atoms with Crippen LogP contribution in [0.3, 0.4) is 0 Å². The van der Waals surface area contributed by atoms with Crippen molar-refractivity contribution < 1.29 is 8.42 Å². The minimum Gasteiger partial charge on any atom is -0.270 e. The van der Waals surface area contributed by atoms with Gasteiger partial charge in [0.2, 0.25) is 10.0 Å². The Labute approximate surface area is 181 Å². The SMILES string of the molecule is CCN(CC)S(=O)(=O)c1cccc(-c2nnc(S[C@H](C)C#N)n2-c2ccccc2)c1. The lowest BCUT2D eigenvalue weighted by Gasteiger charge is -2.19. The molecule has 0 aliphatic rings. The summed E-state index contributed by atoms with van der Waals surface area (Å²) in [4.78, 5) is 0.214. The third kappa shape index (κ3) is 4.41. The number of benzene rings is 2. The molecule has 0 aliphatic heterocycles. The van der Waals surface area contributed by atoms with E-state index in [1.807, 2.05) is 54.8 Å². The number of para-hydroxylation sites is 1. The van der Waals surface area contributed by atoms with Gasteiger partial charge in [-0.15, -0.1) is 10.2 Å². The molecule has 0 bridgehead atoms. The van der Waals surface area contributed by atoms with Crippen LogP contribution in [0.2, 0.25) is 0 Å². The van der Waals surface area contributed by atoms with Gasteiger partial charge in [-0.05, 0) is 31.2 Å². The Morgan fingerprint density at radius 2 is 1.80 bits per heavy atom. The molecule has 0 N–H and O–H groups in total. The van der Waals surface area contributed by atoms with Crippen molar-refractivity contribution in [2.24, 2.45) is 0 Å². The van der Waals surface area contributed by atoms with Crippen molar-refractivity contribution in [3.05, 3.63) is 54.6 Å². The van der Waals surface area contributed by atoms with Crippen molar-refractivity contribution in [1.82, 2.24) is 19.1 Å². The molecule has 1 heterocycles. The van der Waals surface area contributed by atoms with Crippen LogP contribution < -0.4 is 0 Å². The molecule has 156 valence electrons. The molecule has 9 heteroatoms. The molecule has 0 saturated carbocycles. The largest absolute Gasteiger partial charge is 0.270 e. The molecule has 0 amide bonds. The van der Waals surface area contributed by atoms with Crippen molar-refractivity contribution in [2.45, 2.75) is 36.1 Å². The van der Waals surface area contributed by atoms with Crippen LogP contribution in [0.5, 0.6) is 0 Å². The van der Waals surface area contributed by atoms with Gasteiger partial charge in [-0.3, -0.25) is 4.57 Å². The Kier molecular flexibility index (Phi) is 6.92. The monoisotopic (exact) mass is 441 g/mol. The fourth-order valence-electron chi connectivity index (χ4n) is 3.04. The summed E-state index contributed by atoms with van der Waals surface area (Å²) in [5, 5.41) is 18.1. The average molecular weight is 442 g/mol. The molecule has 0 radical (unpaired) electrons. The van der Waals surface area contributed by atoms with E-state index in [4.69, 9.17) is 0 Å². The minimum absolute atomic E-state index is 0.214. The van der Waals surface area contributed by atoms with E-state index in [0.717, 1.165) is 5.69 Å². The first-order valence-corrected chi connectivity index (χ1v) is 11.9. The van der Waals surface area contributed by atoms with Crippen LogP contribution in [0.25, 0.3) is 17.1 Å². The number of rotatable bonds is 8. The van der Waals surface area contributed by atoms with Gasteiger partial charge in [-0.2, -0.15) is 9.57 Å². The first kappa shape index (κ1) is 22.0. The number of aromatic nitrogens is 3. The van der Waals surface area contributed by atoms with Crippen LogP contribution in [-0.4, -0.2) is 45.8 Å². The molecule has 0 fully saturated rings. The molecule has 1 aromatic heterocycles. The highest BCUT2D eigenvalue weighted by Gasteiger charge is 2.24. The second-order valence-electron chi connectivity index (χ2n) is 6.48. The van der Waals surface area contributed by atoms with Gasteiger partial charge in [0.1, 0.15) is 0 Å². The zero-order chi connectivity index (χ0) is 21.7.